The van der Waals surface area contributed by atoms with Crippen molar-refractivity contribution in [2.24, 2.45) is 5.73 Å². The van der Waals surface area contributed by atoms with Crippen LogP contribution in [0.1, 0.15) is 22.6 Å². The molecule has 0 aliphatic heterocycles. The molecule has 1 atom stereocenters. The van der Waals surface area contributed by atoms with Crippen LogP contribution in [-0.2, 0) is 16.0 Å². The summed E-state index contributed by atoms with van der Waals surface area (Å²) in [5.74, 6) is -1.04. The molecule has 1 aliphatic carbocycles. The molecule has 0 unspecified atom stereocenters. The van der Waals surface area contributed by atoms with Gasteiger partial charge in [-0.2, -0.15) is 0 Å². The summed E-state index contributed by atoms with van der Waals surface area (Å²) in [4.78, 5) is 23.2. The Labute approximate surface area is 174 Å². The first kappa shape index (κ1) is 19.7. The first-order valence-electron chi connectivity index (χ1n) is 9.72. The van der Waals surface area contributed by atoms with Crippen LogP contribution < -0.4 is 11.1 Å². The molecule has 4 N–H and O–H groups in total. The molecule has 3 aromatic rings. The van der Waals surface area contributed by atoms with Crippen molar-refractivity contribution in [3.8, 4) is 11.1 Å². The molecule has 3 aromatic carbocycles. The smallest absolute Gasteiger partial charge is 0.411 e. The van der Waals surface area contributed by atoms with E-state index < -0.39 is 18.1 Å². The third-order valence-corrected chi connectivity index (χ3v) is 5.32. The molecule has 30 heavy (non-hydrogen) atoms. The van der Waals surface area contributed by atoms with E-state index in [2.05, 4.69) is 29.6 Å². The SMILES string of the molecule is N[C@@H](Cc1ccc(NC(=O)OCC2c3ccccc3-c3ccccc32)cc1)C(=O)O. The number of rotatable bonds is 6. The van der Waals surface area contributed by atoms with E-state index in [9.17, 15) is 9.59 Å². The van der Waals surface area contributed by atoms with E-state index in [0.717, 1.165) is 16.7 Å². The molecule has 0 fully saturated rings. The highest BCUT2D eigenvalue weighted by atomic mass is 16.5. The Morgan fingerprint density at radius 1 is 0.933 bits per heavy atom. The average Bonchev–Trinajstić information content (AvgIpc) is 3.07. The van der Waals surface area contributed by atoms with Gasteiger partial charge < -0.3 is 15.6 Å². The van der Waals surface area contributed by atoms with Gasteiger partial charge in [-0.25, -0.2) is 4.79 Å². The van der Waals surface area contributed by atoms with E-state index >= 15 is 0 Å². The zero-order valence-electron chi connectivity index (χ0n) is 16.2. The largest absolute Gasteiger partial charge is 0.480 e. The van der Waals surface area contributed by atoms with Crippen molar-refractivity contribution in [1.29, 1.82) is 0 Å². The van der Waals surface area contributed by atoms with Crippen LogP contribution in [0.5, 0.6) is 0 Å². The molecule has 6 nitrogen and oxygen atoms in total. The van der Waals surface area contributed by atoms with Crippen LogP contribution in [0.2, 0.25) is 0 Å². The van der Waals surface area contributed by atoms with Crippen LogP contribution in [0.4, 0.5) is 10.5 Å². The van der Waals surface area contributed by atoms with Gasteiger partial charge in [0.2, 0.25) is 0 Å². The maximum Gasteiger partial charge on any atom is 0.411 e. The number of aliphatic carboxylic acids is 1. The number of fused-ring (bicyclic) bond motifs is 3. The molecule has 1 amide bonds. The maximum absolute atomic E-state index is 12.3. The van der Waals surface area contributed by atoms with Crippen LogP contribution >= 0.6 is 0 Å². The summed E-state index contributed by atoms with van der Waals surface area (Å²) in [6.07, 6.45) is -0.313. The summed E-state index contributed by atoms with van der Waals surface area (Å²) in [6.45, 7) is 0.241. The van der Waals surface area contributed by atoms with Crippen LogP contribution in [-0.4, -0.2) is 29.8 Å². The molecule has 4 rings (SSSR count). The number of hydrogen-bond donors (Lipinski definition) is 3. The monoisotopic (exact) mass is 402 g/mol. The minimum absolute atomic E-state index is 0.00281. The number of benzene rings is 3. The predicted octanol–water partition coefficient (Wildman–Crippen LogP) is 4.00. The van der Waals surface area contributed by atoms with Gasteiger partial charge in [-0.1, -0.05) is 60.7 Å². The number of hydrogen-bond acceptors (Lipinski definition) is 4. The van der Waals surface area contributed by atoms with Crippen molar-refractivity contribution in [3.63, 3.8) is 0 Å². The highest BCUT2D eigenvalue weighted by Gasteiger charge is 2.29. The summed E-state index contributed by atoms with van der Waals surface area (Å²) in [6, 6.07) is 22.3. The molecule has 0 aromatic heterocycles. The fraction of sp³-hybridized carbons (Fsp3) is 0.167. The third kappa shape index (κ3) is 4.04. The van der Waals surface area contributed by atoms with Gasteiger partial charge in [0.05, 0.1) is 0 Å². The highest BCUT2D eigenvalue weighted by Crippen LogP contribution is 2.44. The molecule has 152 valence electrons. The Bertz CT molecular complexity index is 1030. The van der Waals surface area contributed by atoms with Crippen molar-refractivity contribution in [2.45, 2.75) is 18.4 Å². The zero-order valence-corrected chi connectivity index (χ0v) is 16.2. The number of ether oxygens (including phenoxy) is 1. The van der Waals surface area contributed by atoms with Crippen molar-refractivity contribution in [2.75, 3.05) is 11.9 Å². The first-order chi connectivity index (χ1) is 14.5. The molecular formula is C24H22N2O4. The lowest BCUT2D eigenvalue weighted by molar-refractivity contribution is -0.138. The number of carbonyl (C=O) groups excluding carboxylic acids is 1. The first-order valence-corrected chi connectivity index (χ1v) is 9.72. The molecular weight excluding hydrogens is 380 g/mol. The van der Waals surface area contributed by atoms with E-state index in [1.807, 2.05) is 24.3 Å². The topological polar surface area (TPSA) is 102 Å². The highest BCUT2D eigenvalue weighted by molar-refractivity contribution is 5.85. The lowest BCUT2D eigenvalue weighted by Crippen LogP contribution is -2.32. The van der Waals surface area contributed by atoms with Gasteiger partial charge >= 0.3 is 12.1 Å². The molecule has 0 saturated heterocycles. The average molecular weight is 402 g/mol. The van der Waals surface area contributed by atoms with E-state index in [4.69, 9.17) is 15.6 Å². The number of nitrogens with one attached hydrogen (secondary N) is 1. The number of carboxylic acids is 1. The normalized spacial score (nSPS) is 13.2. The summed E-state index contributed by atoms with van der Waals surface area (Å²) >= 11 is 0. The van der Waals surface area contributed by atoms with Gasteiger partial charge in [0.25, 0.3) is 0 Å². The minimum atomic E-state index is -1.05. The van der Waals surface area contributed by atoms with Gasteiger partial charge in [-0.05, 0) is 46.4 Å². The summed E-state index contributed by atoms with van der Waals surface area (Å²) < 4.78 is 5.52. The zero-order chi connectivity index (χ0) is 21.1. The number of amides is 1. The molecule has 1 aliphatic rings. The van der Waals surface area contributed by atoms with Gasteiger partial charge in [0, 0.05) is 11.6 Å². The molecule has 0 heterocycles. The van der Waals surface area contributed by atoms with Crippen LogP contribution in [0.15, 0.2) is 72.8 Å². The summed E-state index contributed by atoms with van der Waals surface area (Å²) in [5.41, 5.74) is 11.6. The van der Waals surface area contributed by atoms with Gasteiger partial charge in [0.15, 0.2) is 0 Å². The van der Waals surface area contributed by atoms with Crippen molar-refractivity contribution >= 4 is 17.7 Å². The van der Waals surface area contributed by atoms with Crippen molar-refractivity contribution < 1.29 is 19.4 Å². The number of carbonyl (C=O) groups is 2. The number of nitrogens with two attached hydrogens (primary N) is 1. The Kier molecular flexibility index (Phi) is 5.50. The quantitative estimate of drug-likeness (QED) is 0.578. The summed E-state index contributed by atoms with van der Waals surface area (Å²) in [5, 5.41) is 11.6. The maximum atomic E-state index is 12.3. The molecule has 6 heteroatoms. The van der Waals surface area contributed by atoms with Gasteiger partial charge in [-0.3, -0.25) is 10.1 Å². The second-order valence-electron chi connectivity index (χ2n) is 7.30. The fourth-order valence-corrected chi connectivity index (χ4v) is 3.82. The van der Waals surface area contributed by atoms with Crippen molar-refractivity contribution in [3.05, 3.63) is 89.5 Å². The number of anilines is 1. The fourth-order valence-electron chi connectivity index (χ4n) is 3.82. The molecule has 0 bridgehead atoms. The lowest BCUT2D eigenvalue weighted by atomic mass is 9.98. The van der Waals surface area contributed by atoms with Crippen LogP contribution in [0.25, 0.3) is 11.1 Å². The standard InChI is InChI=1S/C24H22N2O4/c25-22(23(27)28)13-15-9-11-16(12-10-15)26-24(29)30-14-21-19-7-3-1-5-17(19)18-6-2-4-8-20(18)21/h1-12,21-22H,13-14,25H2,(H,26,29)(H,27,28)/t22-/m0/s1. The number of carboxylic acid groups (broad SMARTS) is 1. The minimum Gasteiger partial charge on any atom is -0.480 e. The lowest BCUT2D eigenvalue weighted by Gasteiger charge is -2.15. The van der Waals surface area contributed by atoms with Crippen LogP contribution in [0, 0.1) is 0 Å². The second-order valence-corrected chi connectivity index (χ2v) is 7.30. The summed E-state index contributed by atoms with van der Waals surface area (Å²) in [7, 11) is 0. The van der Waals surface area contributed by atoms with Crippen molar-refractivity contribution in [1.82, 2.24) is 0 Å². The predicted molar refractivity (Wildman–Crippen MR) is 114 cm³/mol. The van der Waals surface area contributed by atoms with E-state index in [1.165, 1.54) is 11.1 Å². The Hall–Kier alpha value is -3.64. The van der Waals surface area contributed by atoms with Crippen LogP contribution in [0.3, 0.4) is 0 Å². The molecule has 0 radical (unpaired) electrons. The molecule has 0 saturated carbocycles. The Morgan fingerprint density at radius 2 is 1.50 bits per heavy atom. The molecule has 0 spiro atoms. The second kappa shape index (κ2) is 8.39. The van der Waals surface area contributed by atoms with E-state index in [0.29, 0.717) is 5.69 Å². The Morgan fingerprint density at radius 3 is 2.07 bits per heavy atom. The van der Waals surface area contributed by atoms with Gasteiger partial charge in [-0.15, -0.1) is 0 Å². The Balaban J connectivity index is 1.38. The third-order valence-electron chi connectivity index (χ3n) is 5.32. The van der Waals surface area contributed by atoms with E-state index in [-0.39, 0.29) is 18.9 Å². The van der Waals surface area contributed by atoms with E-state index in [1.54, 1.807) is 24.3 Å². The van der Waals surface area contributed by atoms with Gasteiger partial charge in [0.1, 0.15) is 12.6 Å².